The average molecular weight is 374 g/mol. The summed E-state index contributed by atoms with van der Waals surface area (Å²) >= 11 is 0. The van der Waals surface area contributed by atoms with Crippen molar-refractivity contribution in [3.63, 3.8) is 0 Å². The third-order valence-corrected chi connectivity index (χ3v) is 5.59. The number of pyridine rings is 1. The second-order valence-electron chi connectivity index (χ2n) is 7.65. The number of carbonyl (C=O) groups is 1. The number of hydrogen-bond donors (Lipinski definition) is 1. The fraction of sp³-hybridized carbons (Fsp3) is 0.348. The van der Waals surface area contributed by atoms with Gasteiger partial charge in [-0.25, -0.2) is 0 Å². The Morgan fingerprint density at radius 2 is 1.86 bits per heavy atom. The highest BCUT2D eigenvalue weighted by Crippen LogP contribution is 2.28. The smallest absolute Gasteiger partial charge is 0.270 e. The van der Waals surface area contributed by atoms with Gasteiger partial charge < -0.3 is 5.32 Å². The molecular weight excluding hydrogens is 348 g/mol. The standard InChI is InChI=1S/C23H26N4O/c1-15-8-9-16(2)19(14-15)21(17-10-12-24-13-11-17)25-23(28)22-18-6-4-5-7-20(18)26-27(22)3/h8-14,21H,4-7H2,1-3H3,(H,25,28). The first-order chi connectivity index (χ1) is 13.5. The molecule has 1 aliphatic rings. The van der Waals surface area contributed by atoms with E-state index in [-0.39, 0.29) is 11.9 Å². The maximum atomic E-state index is 13.4. The molecule has 1 N–H and O–H groups in total. The lowest BCUT2D eigenvalue weighted by Crippen LogP contribution is -2.32. The number of aryl methyl sites for hydroxylation is 4. The summed E-state index contributed by atoms with van der Waals surface area (Å²) in [6.07, 6.45) is 7.69. The van der Waals surface area contributed by atoms with Gasteiger partial charge in [-0.2, -0.15) is 5.10 Å². The largest absolute Gasteiger partial charge is 0.340 e. The first kappa shape index (κ1) is 18.4. The predicted octanol–water partition coefficient (Wildman–Crippen LogP) is 3.83. The molecule has 0 saturated heterocycles. The van der Waals surface area contributed by atoms with Crippen LogP contribution in [0.25, 0.3) is 0 Å². The third-order valence-electron chi connectivity index (χ3n) is 5.59. The first-order valence-corrected chi connectivity index (χ1v) is 9.87. The van der Waals surface area contributed by atoms with E-state index in [9.17, 15) is 4.79 Å². The zero-order valence-electron chi connectivity index (χ0n) is 16.7. The molecule has 0 aliphatic heterocycles. The molecule has 5 heteroatoms. The van der Waals surface area contributed by atoms with E-state index in [1.807, 2.05) is 19.2 Å². The zero-order valence-corrected chi connectivity index (χ0v) is 16.7. The summed E-state index contributed by atoms with van der Waals surface area (Å²) in [5.41, 5.74) is 7.33. The summed E-state index contributed by atoms with van der Waals surface area (Å²) < 4.78 is 1.75. The Bertz CT molecular complexity index is 1010. The zero-order chi connectivity index (χ0) is 19.7. The summed E-state index contributed by atoms with van der Waals surface area (Å²) in [5.74, 6) is -0.0686. The average Bonchev–Trinajstić information content (AvgIpc) is 3.04. The number of amides is 1. The van der Waals surface area contributed by atoms with Crippen molar-refractivity contribution in [1.29, 1.82) is 0 Å². The van der Waals surface area contributed by atoms with Gasteiger partial charge in [0.2, 0.25) is 0 Å². The van der Waals surface area contributed by atoms with Crippen molar-refractivity contribution in [2.75, 3.05) is 0 Å². The molecule has 1 atom stereocenters. The number of rotatable bonds is 4. The number of nitrogens with zero attached hydrogens (tertiary/aromatic N) is 3. The molecule has 4 rings (SSSR count). The van der Waals surface area contributed by atoms with E-state index in [1.54, 1.807) is 17.1 Å². The SMILES string of the molecule is Cc1ccc(C)c(C(NC(=O)c2c3c(nn2C)CCCC3)c2ccncc2)c1. The Balaban J connectivity index is 1.74. The summed E-state index contributed by atoms with van der Waals surface area (Å²) in [6, 6.07) is 10.1. The molecule has 2 aromatic heterocycles. The summed E-state index contributed by atoms with van der Waals surface area (Å²) in [6.45, 7) is 4.16. The summed E-state index contributed by atoms with van der Waals surface area (Å²) in [4.78, 5) is 17.5. The van der Waals surface area contributed by atoms with Crippen LogP contribution in [0, 0.1) is 13.8 Å². The van der Waals surface area contributed by atoms with Crippen molar-refractivity contribution in [3.8, 4) is 0 Å². The minimum Gasteiger partial charge on any atom is -0.340 e. The molecule has 1 aromatic carbocycles. The molecule has 2 heterocycles. The van der Waals surface area contributed by atoms with Crippen molar-refractivity contribution in [1.82, 2.24) is 20.1 Å². The van der Waals surface area contributed by atoms with Crippen molar-refractivity contribution < 1.29 is 4.79 Å². The molecule has 0 fully saturated rings. The molecule has 0 bridgehead atoms. The number of aromatic nitrogens is 3. The third kappa shape index (κ3) is 3.44. The van der Waals surface area contributed by atoms with Gasteiger partial charge in [-0.15, -0.1) is 0 Å². The topological polar surface area (TPSA) is 59.8 Å². The highest BCUT2D eigenvalue weighted by molar-refractivity contribution is 5.95. The van der Waals surface area contributed by atoms with Gasteiger partial charge in [-0.1, -0.05) is 23.8 Å². The van der Waals surface area contributed by atoms with Crippen LogP contribution in [0.5, 0.6) is 0 Å². The lowest BCUT2D eigenvalue weighted by molar-refractivity contribution is 0.0932. The Labute approximate surface area is 165 Å². The minimum absolute atomic E-state index is 0.0686. The van der Waals surface area contributed by atoms with Crippen LogP contribution in [0.3, 0.4) is 0 Å². The van der Waals surface area contributed by atoms with Crippen molar-refractivity contribution >= 4 is 5.91 Å². The number of benzene rings is 1. The van der Waals surface area contributed by atoms with E-state index in [4.69, 9.17) is 0 Å². The van der Waals surface area contributed by atoms with Crippen LogP contribution in [0.15, 0.2) is 42.7 Å². The van der Waals surface area contributed by atoms with E-state index in [0.29, 0.717) is 5.69 Å². The Kier molecular flexibility index (Phi) is 4.99. The highest BCUT2D eigenvalue weighted by Gasteiger charge is 2.27. The second kappa shape index (κ2) is 7.58. The molecular formula is C23H26N4O. The lowest BCUT2D eigenvalue weighted by Gasteiger charge is -2.22. The Morgan fingerprint density at radius 3 is 2.64 bits per heavy atom. The maximum absolute atomic E-state index is 13.4. The number of carbonyl (C=O) groups excluding carboxylic acids is 1. The van der Waals surface area contributed by atoms with Crippen LogP contribution in [0.1, 0.15) is 62.9 Å². The van der Waals surface area contributed by atoms with Gasteiger partial charge >= 0.3 is 0 Å². The molecule has 1 aliphatic carbocycles. The van der Waals surface area contributed by atoms with Gasteiger partial charge in [-0.3, -0.25) is 14.5 Å². The van der Waals surface area contributed by atoms with E-state index in [1.165, 1.54) is 5.56 Å². The minimum atomic E-state index is -0.232. The van der Waals surface area contributed by atoms with Crippen LogP contribution in [-0.2, 0) is 19.9 Å². The van der Waals surface area contributed by atoms with Crippen molar-refractivity contribution in [3.05, 3.63) is 81.9 Å². The number of nitrogens with one attached hydrogen (secondary N) is 1. The van der Waals surface area contributed by atoms with Crippen molar-refractivity contribution in [2.24, 2.45) is 7.05 Å². The Morgan fingerprint density at radius 1 is 1.11 bits per heavy atom. The first-order valence-electron chi connectivity index (χ1n) is 9.87. The molecule has 0 spiro atoms. The monoisotopic (exact) mass is 374 g/mol. The van der Waals surface area contributed by atoms with E-state index in [0.717, 1.165) is 53.6 Å². The van der Waals surface area contributed by atoms with E-state index in [2.05, 4.69) is 47.4 Å². The molecule has 28 heavy (non-hydrogen) atoms. The van der Waals surface area contributed by atoms with Crippen LogP contribution >= 0.6 is 0 Å². The van der Waals surface area contributed by atoms with E-state index >= 15 is 0 Å². The maximum Gasteiger partial charge on any atom is 0.270 e. The fourth-order valence-electron chi connectivity index (χ4n) is 4.13. The van der Waals surface area contributed by atoms with Crippen LogP contribution < -0.4 is 5.32 Å². The van der Waals surface area contributed by atoms with E-state index < -0.39 is 0 Å². The predicted molar refractivity (Wildman–Crippen MR) is 109 cm³/mol. The molecule has 144 valence electrons. The van der Waals surface area contributed by atoms with Gasteiger partial charge in [0.15, 0.2) is 0 Å². The van der Waals surface area contributed by atoms with Gasteiger partial charge in [0.25, 0.3) is 5.91 Å². The normalized spacial score (nSPS) is 14.4. The number of fused-ring (bicyclic) bond motifs is 1. The fourth-order valence-corrected chi connectivity index (χ4v) is 4.13. The summed E-state index contributed by atoms with van der Waals surface area (Å²) in [7, 11) is 1.87. The van der Waals surface area contributed by atoms with Gasteiger partial charge in [0, 0.05) is 25.0 Å². The molecule has 1 unspecified atom stereocenters. The van der Waals surface area contributed by atoms with Gasteiger partial charge in [0.05, 0.1) is 11.7 Å². The summed E-state index contributed by atoms with van der Waals surface area (Å²) in [5, 5.41) is 7.89. The lowest BCUT2D eigenvalue weighted by atomic mass is 9.93. The highest BCUT2D eigenvalue weighted by atomic mass is 16.2. The van der Waals surface area contributed by atoms with Gasteiger partial charge in [-0.05, 0) is 68.4 Å². The molecule has 0 radical (unpaired) electrons. The molecule has 1 amide bonds. The Hall–Kier alpha value is -2.95. The van der Waals surface area contributed by atoms with Crippen LogP contribution in [0.4, 0.5) is 0 Å². The quantitative estimate of drug-likeness (QED) is 0.755. The van der Waals surface area contributed by atoms with Crippen LogP contribution in [-0.4, -0.2) is 20.7 Å². The molecule has 5 nitrogen and oxygen atoms in total. The molecule has 0 saturated carbocycles. The number of hydrogen-bond acceptors (Lipinski definition) is 3. The second-order valence-corrected chi connectivity index (χ2v) is 7.65. The van der Waals surface area contributed by atoms with Crippen LogP contribution in [0.2, 0.25) is 0 Å². The molecule has 3 aromatic rings. The van der Waals surface area contributed by atoms with Crippen molar-refractivity contribution in [2.45, 2.75) is 45.6 Å². The van der Waals surface area contributed by atoms with Gasteiger partial charge in [0.1, 0.15) is 5.69 Å².